The molecule has 0 amide bonds. The van der Waals surface area contributed by atoms with Gasteiger partial charge in [-0.1, -0.05) is 24.9 Å². The lowest BCUT2D eigenvalue weighted by atomic mass is 10.2. The van der Waals surface area contributed by atoms with Gasteiger partial charge in [0.1, 0.15) is 5.15 Å². The second-order valence-corrected chi connectivity index (χ2v) is 3.77. The fourth-order valence-electron chi connectivity index (χ4n) is 1.31. The predicted octanol–water partition coefficient (Wildman–Crippen LogP) is 1.30. The Morgan fingerprint density at radius 1 is 1.64 bits per heavy atom. The second-order valence-electron chi connectivity index (χ2n) is 3.41. The van der Waals surface area contributed by atoms with Crippen molar-refractivity contribution in [2.75, 3.05) is 0 Å². The van der Waals surface area contributed by atoms with E-state index in [1.807, 2.05) is 6.92 Å². The number of halogens is 1. The van der Waals surface area contributed by atoms with E-state index in [9.17, 15) is 9.90 Å². The van der Waals surface area contributed by atoms with Crippen LogP contribution in [0.1, 0.15) is 25.3 Å². The summed E-state index contributed by atoms with van der Waals surface area (Å²) in [6, 6.07) is 0. The average molecular weight is 219 g/mol. The Morgan fingerprint density at radius 3 is 2.71 bits per heavy atom. The molecule has 5 heteroatoms. The quantitative estimate of drug-likeness (QED) is 0.801. The molecule has 1 atom stereocenters. The Labute approximate surface area is 87.5 Å². The maximum Gasteiger partial charge on any atom is 0.268 e. The first-order chi connectivity index (χ1) is 6.56. The number of aromatic amines is 1. The minimum atomic E-state index is -0.458. The Kier molecular flexibility index (Phi) is 3.77. The van der Waals surface area contributed by atoms with E-state index in [-0.39, 0.29) is 5.56 Å². The van der Waals surface area contributed by atoms with Gasteiger partial charge in [0.25, 0.3) is 5.56 Å². The zero-order valence-electron chi connectivity index (χ0n) is 8.38. The molecule has 1 rings (SSSR count). The molecule has 80 valence electrons. The number of nitrogens with zero attached hydrogens (tertiary/aromatic N) is 1. The zero-order valence-corrected chi connectivity index (χ0v) is 9.14. The van der Waals surface area contributed by atoms with E-state index in [4.69, 9.17) is 11.6 Å². The van der Waals surface area contributed by atoms with Crippen LogP contribution >= 0.6 is 11.6 Å². The lowest BCUT2D eigenvalue weighted by Crippen LogP contribution is -2.18. The minimum absolute atomic E-state index is 0.196. The van der Waals surface area contributed by atoms with Crippen LogP contribution in [0.15, 0.2) is 4.79 Å². The number of hydrogen-bond acceptors (Lipinski definition) is 2. The van der Waals surface area contributed by atoms with Gasteiger partial charge >= 0.3 is 0 Å². The number of nitrogens with one attached hydrogen (secondary N) is 1. The third-order valence-corrected chi connectivity index (χ3v) is 2.63. The lowest BCUT2D eigenvalue weighted by molar-refractivity contribution is 0.139. The Balaban J connectivity index is 2.77. The van der Waals surface area contributed by atoms with Crippen LogP contribution in [0.5, 0.6) is 0 Å². The molecular formula is C9H15ClN2O2. The van der Waals surface area contributed by atoms with Crippen LogP contribution in [0.3, 0.4) is 0 Å². The maximum absolute atomic E-state index is 11.2. The van der Waals surface area contributed by atoms with Gasteiger partial charge in [0.15, 0.2) is 0 Å². The van der Waals surface area contributed by atoms with Crippen molar-refractivity contribution < 1.29 is 5.11 Å². The van der Waals surface area contributed by atoms with E-state index >= 15 is 0 Å². The van der Waals surface area contributed by atoms with Crippen molar-refractivity contribution >= 4 is 11.6 Å². The summed E-state index contributed by atoms with van der Waals surface area (Å²) in [4.78, 5) is 11.2. The molecule has 1 aromatic heterocycles. The van der Waals surface area contributed by atoms with Gasteiger partial charge in [-0.15, -0.1) is 0 Å². The molecule has 1 heterocycles. The van der Waals surface area contributed by atoms with Crippen LogP contribution in [-0.4, -0.2) is 21.0 Å². The van der Waals surface area contributed by atoms with Gasteiger partial charge in [0.2, 0.25) is 0 Å². The molecular weight excluding hydrogens is 204 g/mol. The summed E-state index contributed by atoms with van der Waals surface area (Å²) in [5.74, 6) is 0. The van der Waals surface area contributed by atoms with Crippen LogP contribution in [0, 0.1) is 6.92 Å². The minimum Gasteiger partial charge on any atom is -0.391 e. The van der Waals surface area contributed by atoms with E-state index in [1.54, 1.807) is 6.92 Å². The molecule has 0 saturated heterocycles. The zero-order chi connectivity index (χ0) is 10.7. The smallest absolute Gasteiger partial charge is 0.268 e. The molecule has 0 fully saturated rings. The van der Waals surface area contributed by atoms with Gasteiger partial charge in [0.05, 0.1) is 18.2 Å². The molecule has 14 heavy (non-hydrogen) atoms. The average Bonchev–Trinajstić information content (AvgIpc) is 2.34. The number of H-pyrrole nitrogens is 1. The predicted molar refractivity (Wildman–Crippen MR) is 55.7 cm³/mol. The first kappa shape index (κ1) is 11.3. The Hall–Kier alpha value is -0.740. The van der Waals surface area contributed by atoms with E-state index < -0.39 is 6.10 Å². The highest BCUT2D eigenvalue weighted by Crippen LogP contribution is 2.11. The van der Waals surface area contributed by atoms with E-state index in [0.29, 0.717) is 23.7 Å². The number of aliphatic hydroxyl groups is 1. The van der Waals surface area contributed by atoms with Crippen LogP contribution in [0.2, 0.25) is 5.15 Å². The van der Waals surface area contributed by atoms with Crippen molar-refractivity contribution in [3.05, 3.63) is 21.1 Å². The highest BCUT2D eigenvalue weighted by Gasteiger charge is 2.11. The normalized spacial score (nSPS) is 13.1. The molecule has 0 aliphatic heterocycles. The number of rotatable bonds is 4. The number of aromatic nitrogens is 2. The summed E-state index contributed by atoms with van der Waals surface area (Å²) in [5, 5.41) is 12.5. The molecule has 0 radical (unpaired) electrons. The van der Waals surface area contributed by atoms with E-state index in [2.05, 4.69) is 5.10 Å². The highest BCUT2D eigenvalue weighted by molar-refractivity contribution is 6.30. The molecule has 0 saturated carbocycles. The molecule has 0 bridgehead atoms. The van der Waals surface area contributed by atoms with Crippen LogP contribution in [0.4, 0.5) is 0 Å². The van der Waals surface area contributed by atoms with Gasteiger partial charge in [0, 0.05) is 0 Å². The van der Waals surface area contributed by atoms with Gasteiger partial charge < -0.3 is 5.11 Å². The van der Waals surface area contributed by atoms with Crippen LogP contribution < -0.4 is 5.56 Å². The second kappa shape index (κ2) is 4.66. The van der Waals surface area contributed by atoms with E-state index in [0.717, 1.165) is 6.42 Å². The van der Waals surface area contributed by atoms with Gasteiger partial charge in [-0.3, -0.25) is 14.6 Å². The SMILES string of the molecule is CCCC(O)Cn1[nH]c(=O)c(C)c1Cl. The number of aliphatic hydroxyl groups excluding tert-OH is 1. The molecule has 0 spiro atoms. The van der Waals surface area contributed by atoms with Crippen molar-refractivity contribution in [1.29, 1.82) is 0 Å². The monoisotopic (exact) mass is 218 g/mol. The molecule has 1 aromatic rings. The fourth-order valence-corrected chi connectivity index (χ4v) is 1.51. The van der Waals surface area contributed by atoms with Gasteiger partial charge in [-0.05, 0) is 13.3 Å². The summed E-state index contributed by atoms with van der Waals surface area (Å²) in [6.45, 7) is 3.99. The Morgan fingerprint density at radius 2 is 2.29 bits per heavy atom. The first-order valence-electron chi connectivity index (χ1n) is 4.69. The number of hydrogen-bond donors (Lipinski definition) is 2. The lowest BCUT2D eigenvalue weighted by Gasteiger charge is -2.10. The standard InChI is InChI=1S/C9H15ClN2O2/c1-3-4-7(13)5-12-8(10)6(2)9(14)11-12/h7,13H,3-5H2,1-2H3,(H,11,14). The van der Waals surface area contributed by atoms with Gasteiger partial charge in [-0.2, -0.15) is 0 Å². The summed E-state index contributed by atoms with van der Waals surface area (Å²) in [6.07, 6.45) is 1.15. The summed E-state index contributed by atoms with van der Waals surface area (Å²) >= 11 is 5.88. The fraction of sp³-hybridized carbons (Fsp3) is 0.667. The molecule has 0 aromatic carbocycles. The Bertz CT molecular complexity index is 356. The van der Waals surface area contributed by atoms with Crippen LogP contribution in [-0.2, 0) is 6.54 Å². The summed E-state index contributed by atoms with van der Waals surface area (Å²) in [7, 11) is 0. The largest absolute Gasteiger partial charge is 0.391 e. The van der Waals surface area contributed by atoms with E-state index in [1.165, 1.54) is 4.68 Å². The topological polar surface area (TPSA) is 58.0 Å². The molecule has 4 nitrogen and oxygen atoms in total. The molecule has 0 aliphatic carbocycles. The molecule has 2 N–H and O–H groups in total. The van der Waals surface area contributed by atoms with Crippen molar-refractivity contribution in [3.63, 3.8) is 0 Å². The van der Waals surface area contributed by atoms with Crippen molar-refractivity contribution in [1.82, 2.24) is 9.78 Å². The molecule has 0 aliphatic rings. The maximum atomic E-state index is 11.2. The molecule has 1 unspecified atom stereocenters. The summed E-state index contributed by atoms with van der Waals surface area (Å²) in [5.41, 5.74) is 0.300. The summed E-state index contributed by atoms with van der Waals surface area (Å²) < 4.78 is 1.49. The third-order valence-electron chi connectivity index (χ3n) is 2.14. The van der Waals surface area contributed by atoms with Gasteiger partial charge in [-0.25, -0.2) is 0 Å². The van der Waals surface area contributed by atoms with Crippen LogP contribution in [0.25, 0.3) is 0 Å². The van der Waals surface area contributed by atoms with Crippen molar-refractivity contribution in [2.45, 2.75) is 39.3 Å². The highest BCUT2D eigenvalue weighted by atomic mass is 35.5. The third kappa shape index (κ3) is 2.39. The van der Waals surface area contributed by atoms with Crippen molar-refractivity contribution in [2.24, 2.45) is 0 Å². The first-order valence-corrected chi connectivity index (χ1v) is 5.07. The van der Waals surface area contributed by atoms with Crippen molar-refractivity contribution in [3.8, 4) is 0 Å².